The molecule has 0 aromatic carbocycles. The Balaban J connectivity index is 2.02. The van der Waals surface area contributed by atoms with Crippen molar-refractivity contribution in [3.8, 4) is 0 Å². The summed E-state index contributed by atoms with van der Waals surface area (Å²) in [4.78, 5) is 1.26. The third-order valence-electron chi connectivity index (χ3n) is 2.64. The predicted molar refractivity (Wildman–Crippen MR) is 67.2 cm³/mol. The Morgan fingerprint density at radius 3 is 2.94 bits per heavy atom. The number of nitrogens with one attached hydrogen (secondary N) is 1. The molecule has 0 spiro atoms. The molecule has 2 unspecified atom stereocenters. The lowest BCUT2D eigenvalue weighted by Gasteiger charge is -2.19. The van der Waals surface area contributed by atoms with Gasteiger partial charge in [0.2, 0.25) is 0 Å². The highest BCUT2D eigenvalue weighted by atomic mass is 32.2. The van der Waals surface area contributed by atoms with Crippen LogP contribution in [-0.2, 0) is 9.84 Å². The van der Waals surface area contributed by atoms with Gasteiger partial charge in [0.05, 0.1) is 5.75 Å². The van der Waals surface area contributed by atoms with Crippen molar-refractivity contribution in [2.75, 3.05) is 5.75 Å². The molecule has 1 aromatic rings. The van der Waals surface area contributed by atoms with E-state index in [1.54, 1.807) is 17.4 Å². The molecule has 2 rings (SSSR count). The minimum atomic E-state index is -2.96. The fraction of sp³-hybridized carbons (Fsp3) is 0.455. The van der Waals surface area contributed by atoms with Gasteiger partial charge in [0.25, 0.3) is 0 Å². The summed E-state index contributed by atoms with van der Waals surface area (Å²) in [5.74, 6) is 0.189. The van der Waals surface area contributed by atoms with Crippen molar-refractivity contribution in [3.63, 3.8) is 0 Å². The lowest BCUT2D eigenvalue weighted by Crippen LogP contribution is -2.33. The molecule has 0 amide bonds. The molecule has 0 fully saturated rings. The second-order valence-electron chi connectivity index (χ2n) is 3.91. The minimum Gasteiger partial charge on any atom is -0.302 e. The van der Waals surface area contributed by atoms with Crippen molar-refractivity contribution in [1.82, 2.24) is 5.32 Å². The number of hydrogen-bond donors (Lipinski definition) is 1. The second kappa shape index (κ2) is 4.69. The first-order chi connectivity index (χ1) is 7.61. The van der Waals surface area contributed by atoms with Gasteiger partial charge >= 0.3 is 0 Å². The van der Waals surface area contributed by atoms with E-state index in [2.05, 4.69) is 18.3 Å². The van der Waals surface area contributed by atoms with E-state index in [1.807, 2.05) is 11.4 Å². The topological polar surface area (TPSA) is 46.2 Å². The normalized spacial score (nSPS) is 24.7. The number of sulfone groups is 1. The molecule has 3 nitrogen and oxygen atoms in total. The average Bonchev–Trinajstić information content (AvgIpc) is 2.84. The van der Waals surface area contributed by atoms with E-state index >= 15 is 0 Å². The zero-order valence-corrected chi connectivity index (χ0v) is 10.7. The van der Waals surface area contributed by atoms with Crippen molar-refractivity contribution in [1.29, 1.82) is 0 Å². The zero-order chi connectivity index (χ0) is 11.6. The van der Waals surface area contributed by atoms with Gasteiger partial charge in [-0.25, -0.2) is 8.42 Å². The molecule has 1 aliphatic rings. The minimum absolute atomic E-state index is 0.0444. The molecule has 5 heteroatoms. The van der Waals surface area contributed by atoms with Gasteiger partial charge in [0.15, 0.2) is 9.84 Å². The van der Waals surface area contributed by atoms with Gasteiger partial charge in [-0.3, -0.25) is 0 Å². The SMILES string of the molecule is CCC(NC1C=CS(=O)(=O)C1)c1cccs1. The Morgan fingerprint density at radius 1 is 1.62 bits per heavy atom. The molecular formula is C11H15NO2S2. The van der Waals surface area contributed by atoms with E-state index < -0.39 is 9.84 Å². The molecule has 2 heterocycles. The standard InChI is InChI=1S/C11H15NO2S2/c1-2-10(11-4-3-6-15-11)12-9-5-7-16(13,14)8-9/h3-7,9-10,12H,2,8H2,1H3. The van der Waals surface area contributed by atoms with Crippen LogP contribution < -0.4 is 5.32 Å². The molecule has 2 atom stereocenters. The van der Waals surface area contributed by atoms with Gasteiger partial charge in [-0.1, -0.05) is 19.1 Å². The molecule has 1 aromatic heterocycles. The summed E-state index contributed by atoms with van der Waals surface area (Å²) in [6.07, 6.45) is 2.70. The van der Waals surface area contributed by atoms with Crippen molar-refractivity contribution in [2.24, 2.45) is 0 Å². The Morgan fingerprint density at radius 2 is 2.44 bits per heavy atom. The molecule has 1 aliphatic heterocycles. The monoisotopic (exact) mass is 257 g/mol. The highest BCUT2D eigenvalue weighted by Gasteiger charge is 2.24. The third kappa shape index (κ3) is 2.72. The van der Waals surface area contributed by atoms with Gasteiger partial charge < -0.3 is 5.32 Å². The Labute approximate surface area is 100 Å². The van der Waals surface area contributed by atoms with E-state index in [9.17, 15) is 8.42 Å². The molecule has 0 radical (unpaired) electrons. The number of hydrogen-bond acceptors (Lipinski definition) is 4. The van der Waals surface area contributed by atoms with Gasteiger partial charge in [0, 0.05) is 22.4 Å². The summed E-state index contributed by atoms with van der Waals surface area (Å²) in [5, 5.41) is 6.72. The maximum atomic E-state index is 11.3. The summed E-state index contributed by atoms with van der Waals surface area (Å²) < 4.78 is 22.5. The van der Waals surface area contributed by atoms with Crippen LogP contribution in [0.5, 0.6) is 0 Å². The summed E-state index contributed by atoms with van der Waals surface area (Å²) in [7, 11) is -2.96. The smallest absolute Gasteiger partial charge is 0.173 e. The van der Waals surface area contributed by atoms with Crippen LogP contribution in [-0.4, -0.2) is 20.2 Å². The van der Waals surface area contributed by atoms with Crippen LogP contribution in [0.2, 0.25) is 0 Å². The van der Waals surface area contributed by atoms with Crippen LogP contribution in [0.15, 0.2) is 29.0 Å². The summed E-state index contributed by atoms with van der Waals surface area (Å²) in [5.41, 5.74) is 0. The van der Waals surface area contributed by atoms with E-state index in [-0.39, 0.29) is 17.8 Å². The largest absolute Gasteiger partial charge is 0.302 e. The third-order valence-corrected chi connectivity index (χ3v) is 5.02. The molecule has 0 saturated heterocycles. The fourth-order valence-corrected chi connectivity index (χ4v) is 3.95. The van der Waals surface area contributed by atoms with Gasteiger partial charge in [-0.15, -0.1) is 11.3 Å². The maximum absolute atomic E-state index is 11.3. The van der Waals surface area contributed by atoms with Crippen LogP contribution in [0.4, 0.5) is 0 Å². The van der Waals surface area contributed by atoms with Gasteiger partial charge in [-0.2, -0.15) is 0 Å². The molecule has 0 aliphatic carbocycles. The maximum Gasteiger partial charge on any atom is 0.173 e. The van der Waals surface area contributed by atoms with Gasteiger partial charge in [0.1, 0.15) is 0 Å². The van der Waals surface area contributed by atoms with Crippen LogP contribution >= 0.6 is 11.3 Å². The lowest BCUT2D eigenvalue weighted by atomic mass is 10.1. The first-order valence-electron chi connectivity index (χ1n) is 5.31. The van der Waals surface area contributed by atoms with E-state index in [0.29, 0.717) is 0 Å². The van der Waals surface area contributed by atoms with E-state index in [0.717, 1.165) is 6.42 Å². The molecule has 1 N–H and O–H groups in total. The average molecular weight is 257 g/mol. The van der Waals surface area contributed by atoms with Crippen molar-refractivity contribution < 1.29 is 8.42 Å². The molecule has 0 bridgehead atoms. The van der Waals surface area contributed by atoms with Gasteiger partial charge in [-0.05, 0) is 17.9 Å². The lowest BCUT2D eigenvalue weighted by molar-refractivity contribution is 0.498. The summed E-state index contributed by atoms with van der Waals surface area (Å²) in [6.45, 7) is 2.10. The van der Waals surface area contributed by atoms with Crippen LogP contribution in [0.25, 0.3) is 0 Å². The highest BCUT2D eigenvalue weighted by Crippen LogP contribution is 2.23. The highest BCUT2D eigenvalue weighted by molar-refractivity contribution is 7.94. The van der Waals surface area contributed by atoms with Crippen molar-refractivity contribution in [3.05, 3.63) is 33.9 Å². The zero-order valence-electron chi connectivity index (χ0n) is 9.09. The predicted octanol–water partition coefficient (Wildman–Crippen LogP) is 2.10. The molecule has 16 heavy (non-hydrogen) atoms. The van der Waals surface area contributed by atoms with Crippen LogP contribution in [0.1, 0.15) is 24.3 Å². The number of thiophene rings is 1. The molecular weight excluding hydrogens is 242 g/mol. The van der Waals surface area contributed by atoms with Crippen molar-refractivity contribution in [2.45, 2.75) is 25.4 Å². The Bertz CT molecular complexity index is 462. The first kappa shape index (κ1) is 11.8. The fourth-order valence-electron chi connectivity index (χ4n) is 1.83. The molecule has 88 valence electrons. The van der Waals surface area contributed by atoms with E-state index in [4.69, 9.17) is 0 Å². The number of rotatable bonds is 4. The summed E-state index contributed by atoms with van der Waals surface area (Å²) >= 11 is 1.70. The first-order valence-corrected chi connectivity index (χ1v) is 7.90. The van der Waals surface area contributed by atoms with E-state index in [1.165, 1.54) is 10.3 Å². The summed E-state index contributed by atoms with van der Waals surface area (Å²) in [6, 6.07) is 4.31. The second-order valence-corrected chi connectivity index (χ2v) is 6.82. The van der Waals surface area contributed by atoms with Crippen LogP contribution in [0.3, 0.4) is 0 Å². The molecule has 0 saturated carbocycles. The van der Waals surface area contributed by atoms with Crippen LogP contribution in [0, 0.1) is 0 Å². The Kier molecular flexibility index (Phi) is 3.47. The Hall–Kier alpha value is -0.650. The van der Waals surface area contributed by atoms with Crippen molar-refractivity contribution >= 4 is 21.2 Å². The quantitative estimate of drug-likeness (QED) is 0.898.